The molecular weight excluding hydrogens is 387 g/mol. The maximum atomic E-state index is 12.3. The largest absolute Gasteiger partial charge is 0.398 e. The van der Waals surface area contributed by atoms with Gasteiger partial charge in [0.1, 0.15) is 0 Å². The first kappa shape index (κ1) is 19.8. The molecule has 0 aliphatic carbocycles. The van der Waals surface area contributed by atoms with Crippen LogP contribution in [0.3, 0.4) is 0 Å². The van der Waals surface area contributed by atoms with Gasteiger partial charge in [0.2, 0.25) is 9.84 Å². The molecule has 0 fully saturated rings. The second-order valence-electron chi connectivity index (χ2n) is 5.62. The monoisotopic (exact) mass is 404 g/mol. The maximum absolute atomic E-state index is 12.3. The zero-order valence-electron chi connectivity index (χ0n) is 13.1. The molecule has 2 unspecified atom stereocenters. The smallest absolute Gasteiger partial charge is 0.203 e. The number of sulfone groups is 1. The number of hydrogen-bond donors (Lipinski definition) is 4. The lowest BCUT2D eigenvalue weighted by molar-refractivity contribution is 0.211. The first-order valence-corrected chi connectivity index (χ1v) is 9.64. The van der Waals surface area contributed by atoms with E-state index in [4.69, 9.17) is 34.7 Å². The van der Waals surface area contributed by atoms with Crippen molar-refractivity contribution < 1.29 is 18.6 Å². The van der Waals surface area contributed by atoms with Crippen LogP contribution in [0, 0.1) is 0 Å². The summed E-state index contributed by atoms with van der Waals surface area (Å²) in [5.41, 5.74) is 9.28. The van der Waals surface area contributed by atoms with Crippen LogP contribution < -0.4 is 11.5 Å². The second kappa shape index (κ2) is 7.80. The predicted molar refractivity (Wildman–Crippen MR) is 100 cm³/mol. The van der Waals surface area contributed by atoms with E-state index in [1.54, 1.807) is 12.1 Å². The SMILES string of the molecule is Nc1ccc(CC(O)S(=O)(=O)C(O)Cc2ccc(N)c(Cl)c2)cc1Cl. The summed E-state index contributed by atoms with van der Waals surface area (Å²) in [6.07, 6.45) is -0.441. The summed E-state index contributed by atoms with van der Waals surface area (Å²) < 4.78 is 24.7. The van der Waals surface area contributed by atoms with Crippen LogP contribution in [0.5, 0.6) is 0 Å². The maximum Gasteiger partial charge on any atom is 0.203 e. The Hall–Kier alpha value is -1.51. The first-order chi connectivity index (χ1) is 11.6. The summed E-state index contributed by atoms with van der Waals surface area (Å²) >= 11 is 11.8. The molecule has 25 heavy (non-hydrogen) atoms. The Balaban J connectivity index is 2.12. The molecule has 2 aromatic carbocycles. The summed E-state index contributed by atoms with van der Waals surface area (Å²) in [6, 6.07) is 9.11. The standard InChI is InChI=1S/C16H18Cl2N2O4S/c17-11-5-9(1-3-13(11)19)7-15(21)25(23,24)16(22)8-10-2-4-14(20)12(18)6-10/h1-6,15-16,21-22H,7-8,19-20H2. The van der Waals surface area contributed by atoms with E-state index < -0.39 is 20.7 Å². The molecular formula is C16H18Cl2N2O4S. The Kier molecular flexibility index (Phi) is 6.18. The van der Waals surface area contributed by atoms with Crippen molar-refractivity contribution in [2.75, 3.05) is 11.5 Å². The third-order valence-electron chi connectivity index (χ3n) is 3.71. The van der Waals surface area contributed by atoms with Gasteiger partial charge >= 0.3 is 0 Å². The molecule has 0 spiro atoms. The Morgan fingerprint density at radius 2 is 1.20 bits per heavy atom. The molecule has 0 aliphatic rings. The van der Waals surface area contributed by atoms with E-state index in [2.05, 4.69) is 0 Å². The summed E-state index contributed by atoms with van der Waals surface area (Å²) in [7, 11) is -4.22. The second-order valence-corrected chi connectivity index (χ2v) is 8.70. The summed E-state index contributed by atoms with van der Waals surface area (Å²) in [4.78, 5) is 0. The van der Waals surface area contributed by atoms with E-state index in [-0.39, 0.29) is 22.9 Å². The van der Waals surface area contributed by atoms with Crippen molar-refractivity contribution in [2.24, 2.45) is 0 Å². The van der Waals surface area contributed by atoms with Gasteiger partial charge in [-0.2, -0.15) is 0 Å². The van der Waals surface area contributed by atoms with Crippen molar-refractivity contribution in [3.63, 3.8) is 0 Å². The zero-order chi connectivity index (χ0) is 18.8. The fraction of sp³-hybridized carbons (Fsp3) is 0.250. The summed E-state index contributed by atoms with van der Waals surface area (Å²) in [5, 5.41) is 20.7. The van der Waals surface area contributed by atoms with Gasteiger partial charge in [-0.05, 0) is 35.4 Å². The van der Waals surface area contributed by atoms with E-state index in [1.165, 1.54) is 24.3 Å². The summed E-state index contributed by atoms with van der Waals surface area (Å²) in [6.45, 7) is 0. The average molecular weight is 405 g/mol. The Morgan fingerprint density at radius 1 is 0.840 bits per heavy atom. The lowest BCUT2D eigenvalue weighted by Crippen LogP contribution is -2.34. The Morgan fingerprint density at radius 3 is 1.52 bits per heavy atom. The van der Waals surface area contributed by atoms with Gasteiger partial charge in [0.05, 0.1) is 21.4 Å². The number of rotatable bonds is 6. The van der Waals surface area contributed by atoms with Crippen LogP contribution in [0.15, 0.2) is 36.4 Å². The van der Waals surface area contributed by atoms with Crippen LogP contribution in [-0.4, -0.2) is 29.5 Å². The number of halogens is 2. The van der Waals surface area contributed by atoms with Crippen molar-refractivity contribution in [3.05, 3.63) is 57.6 Å². The highest BCUT2D eigenvalue weighted by atomic mass is 35.5. The molecule has 0 radical (unpaired) electrons. The number of benzene rings is 2. The minimum Gasteiger partial charge on any atom is -0.398 e. The van der Waals surface area contributed by atoms with Gasteiger partial charge in [-0.3, -0.25) is 0 Å². The predicted octanol–water partition coefficient (Wildman–Crippen LogP) is 1.99. The van der Waals surface area contributed by atoms with Crippen molar-refractivity contribution in [1.82, 2.24) is 0 Å². The van der Waals surface area contributed by atoms with Gasteiger partial charge in [0.15, 0.2) is 10.9 Å². The van der Waals surface area contributed by atoms with Crippen LogP contribution >= 0.6 is 23.2 Å². The number of anilines is 2. The summed E-state index contributed by atoms with van der Waals surface area (Å²) in [5.74, 6) is 0. The molecule has 9 heteroatoms. The van der Waals surface area contributed by atoms with Crippen molar-refractivity contribution in [2.45, 2.75) is 23.7 Å². The number of hydrogen-bond acceptors (Lipinski definition) is 6. The molecule has 0 amide bonds. The van der Waals surface area contributed by atoms with Gasteiger partial charge < -0.3 is 21.7 Å². The van der Waals surface area contributed by atoms with Crippen molar-refractivity contribution >= 4 is 44.4 Å². The molecule has 0 saturated carbocycles. The van der Waals surface area contributed by atoms with E-state index in [0.717, 1.165) is 0 Å². The number of nitrogen functional groups attached to an aromatic ring is 2. The van der Waals surface area contributed by atoms with Gasteiger partial charge in [-0.15, -0.1) is 0 Å². The quantitative estimate of drug-likeness (QED) is 0.545. The minimum atomic E-state index is -4.22. The van der Waals surface area contributed by atoms with E-state index in [0.29, 0.717) is 22.5 Å². The Labute approximate surface area is 155 Å². The highest BCUT2D eigenvalue weighted by Gasteiger charge is 2.31. The van der Waals surface area contributed by atoms with Crippen LogP contribution in [0.4, 0.5) is 11.4 Å². The molecule has 0 aromatic heterocycles. The molecule has 0 saturated heterocycles. The molecule has 0 heterocycles. The first-order valence-electron chi connectivity index (χ1n) is 7.28. The Bertz CT molecular complexity index is 809. The van der Waals surface area contributed by atoms with E-state index >= 15 is 0 Å². The van der Waals surface area contributed by atoms with Crippen LogP contribution in [0.25, 0.3) is 0 Å². The average Bonchev–Trinajstić information content (AvgIpc) is 2.54. The third kappa shape index (κ3) is 4.77. The molecule has 2 aromatic rings. The number of nitrogens with two attached hydrogens (primary N) is 2. The molecule has 6 nitrogen and oxygen atoms in total. The number of aliphatic hydroxyl groups is 2. The molecule has 136 valence electrons. The van der Waals surface area contributed by atoms with E-state index in [9.17, 15) is 18.6 Å². The highest BCUT2D eigenvalue weighted by Crippen LogP contribution is 2.24. The molecule has 2 rings (SSSR count). The number of aliphatic hydroxyl groups excluding tert-OH is 2. The molecule has 6 N–H and O–H groups in total. The zero-order valence-corrected chi connectivity index (χ0v) is 15.4. The van der Waals surface area contributed by atoms with Gasteiger partial charge in [0.25, 0.3) is 0 Å². The topological polar surface area (TPSA) is 127 Å². The van der Waals surface area contributed by atoms with Crippen LogP contribution in [-0.2, 0) is 22.7 Å². The fourth-order valence-electron chi connectivity index (χ4n) is 2.21. The lowest BCUT2D eigenvalue weighted by atomic mass is 10.1. The van der Waals surface area contributed by atoms with Crippen LogP contribution in [0.2, 0.25) is 10.0 Å². The van der Waals surface area contributed by atoms with Crippen LogP contribution in [0.1, 0.15) is 11.1 Å². The molecule has 0 aliphatic heterocycles. The normalized spacial score (nSPS) is 14.2. The fourth-order valence-corrected chi connectivity index (χ4v) is 3.83. The van der Waals surface area contributed by atoms with Gasteiger partial charge in [-0.25, -0.2) is 8.42 Å². The van der Waals surface area contributed by atoms with Gasteiger partial charge in [0, 0.05) is 12.8 Å². The third-order valence-corrected chi connectivity index (χ3v) is 6.21. The van der Waals surface area contributed by atoms with Crippen molar-refractivity contribution in [3.8, 4) is 0 Å². The molecule has 2 atom stereocenters. The minimum absolute atomic E-state index is 0.220. The van der Waals surface area contributed by atoms with Gasteiger partial charge in [-0.1, -0.05) is 35.3 Å². The lowest BCUT2D eigenvalue weighted by Gasteiger charge is -2.18. The highest BCUT2D eigenvalue weighted by molar-refractivity contribution is 7.92. The van der Waals surface area contributed by atoms with E-state index in [1.807, 2.05) is 0 Å². The molecule has 0 bridgehead atoms. The van der Waals surface area contributed by atoms with Crippen molar-refractivity contribution in [1.29, 1.82) is 0 Å².